The number of nitrogens with zero attached hydrogens (tertiary/aromatic N) is 4. The summed E-state index contributed by atoms with van der Waals surface area (Å²) in [5.41, 5.74) is 2.29. The monoisotopic (exact) mass is 407 g/mol. The van der Waals surface area contributed by atoms with Crippen LogP contribution in [0.2, 0.25) is 0 Å². The Hall–Kier alpha value is -2.47. The van der Waals surface area contributed by atoms with Crippen LogP contribution in [0, 0.1) is 12.8 Å². The summed E-state index contributed by atoms with van der Waals surface area (Å²) in [5, 5.41) is 3.17. The number of carbonyl (C=O) groups excluding carboxylic acids is 1. The fourth-order valence-corrected chi connectivity index (χ4v) is 4.74. The number of hydrogen-bond donors (Lipinski definition) is 1. The Morgan fingerprint density at radius 3 is 2.67 bits per heavy atom. The van der Waals surface area contributed by atoms with Crippen LogP contribution in [-0.2, 0) is 11.2 Å². The number of aryl methyl sites for hydroxylation is 1. The summed E-state index contributed by atoms with van der Waals surface area (Å²) in [6.45, 7) is 6.78. The van der Waals surface area contributed by atoms with Crippen LogP contribution in [0.1, 0.15) is 36.9 Å². The van der Waals surface area contributed by atoms with Gasteiger partial charge in [0.15, 0.2) is 0 Å². The van der Waals surface area contributed by atoms with Crippen molar-refractivity contribution in [3.63, 3.8) is 0 Å². The number of amides is 1. The molecule has 2 aliphatic rings. The van der Waals surface area contributed by atoms with Crippen molar-refractivity contribution in [2.24, 2.45) is 5.92 Å². The third kappa shape index (κ3) is 5.36. The van der Waals surface area contributed by atoms with Crippen molar-refractivity contribution in [2.45, 2.75) is 45.1 Å². The molecule has 1 aromatic carbocycles. The SMILES string of the molecule is Cc1cc(N2CCC(N3CCCC(C(=O)NCCc4ccccc4)C3)CC2)ncn1. The summed E-state index contributed by atoms with van der Waals surface area (Å²) in [6, 6.07) is 13.0. The van der Waals surface area contributed by atoms with Gasteiger partial charge in [-0.15, -0.1) is 0 Å². The van der Waals surface area contributed by atoms with Crippen molar-refractivity contribution in [1.82, 2.24) is 20.2 Å². The van der Waals surface area contributed by atoms with Crippen molar-refractivity contribution in [1.29, 1.82) is 0 Å². The second-order valence-corrected chi connectivity index (χ2v) is 8.60. The molecule has 1 unspecified atom stereocenters. The Morgan fingerprint density at radius 1 is 1.10 bits per heavy atom. The van der Waals surface area contributed by atoms with Gasteiger partial charge < -0.3 is 10.2 Å². The van der Waals surface area contributed by atoms with Crippen molar-refractivity contribution in [3.8, 4) is 0 Å². The molecule has 160 valence electrons. The smallest absolute Gasteiger partial charge is 0.224 e. The van der Waals surface area contributed by atoms with Crippen LogP contribution in [-0.4, -0.2) is 59.5 Å². The predicted molar refractivity (Wildman–Crippen MR) is 119 cm³/mol. The number of carbonyl (C=O) groups is 1. The highest BCUT2D eigenvalue weighted by Gasteiger charge is 2.31. The first kappa shape index (κ1) is 20.8. The van der Waals surface area contributed by atoms with Crippen LogP contribution in [0.15, 0.2) is 42.7 Å². The van der Waals surface area contributed by atoms with E-state index in [4.69, 9.17) is 0 Å². The maximum absolute atomic E-state index is 12.7. The number of benzene rings is 1. The zero-order chi connectivity index (χ0) is 20.8. The standard InChI is InChI=1S/C24H33N5O/c1-19-16-23(27-18-26-19)28-14-10-22(11-15-28)29-13-5-8-21(17-29)24(30)25-12-9-20-6-3-2-4-7-20/h2-4,6-7,16,18,21-22H,5,8-15,17H2,1H3,(H,25,30). The molecule has 1 atom stereocenters. The molecule has 2 saturated heterocycles. The summed E-state index contributed by atoms with van der Waals surface area (Å²) in [7, 11) is 0. The average molecular weight is 408 g/mol. The van der Waals surface area contributed by atoms with Crippen LogP contribution in [0.3, 0.4) is 0 Å². The maximum atomic E-state index is 12.7. The molecule has 1 amide bonds. The van der Waals surface area contributed by atoms with E-state index in [0.717, 1.165) is 76.3 Å². The molecule has 1 aromatic heterocycles. The van der Waals surface area contributed by atoms with Gasteiger partial charge in [-0.3, -0.25) is 9.69 Å². The lowest BCUT2D eigenvalue weighted by Gasteiger charge is -2.42. The van der Waals surface area contributed by atoms with Crippen LogP contribution in [0.25, 0.3) is 0 Å². The largest absolute Gasteiger partial charge is 0.356 e. The molecule has 4 rings (SSSR count). The number of likely N-dealkylation sites (tertiary alicyclic amines) is 1. The van der Waals surface area contributed by atoms with Gasteiger partial charge in [0.05, 0.1) is 5.92 Å². The maximum Gasteiger partial charge on any atom is 0.224 e. The van der Waals surface area contributed by atoms with E-state index < -0.39 is 0 Å². The first-order chi connectivity index (χ1) is 14.7. The summed E-state index contributed by atoms with van der Waals surface area (Å²) in [5.74, 6) is 1.39. The van der Waals surface area contributed by atoms with Gasteiger partial charge in [0.25, 0.3) is 0 Å². The number of hydrogen-bond acceptors (Lipinski definition) is 5. The van der Waals surface area contributed by atoms with Gasteiger partial charge in [-0.05, 0) is 51.1 Å². The van der Waals surface area contributed by atoms with Gasteiger partial charge in [0.1, 0.15) is 12.1 Å². The number of aromatic nitrogens is 2. The van der Waals surface area contributed by atoms with Crippen molar-refractivity contribution >= 4 is 11.7 Å². The summed E-state index contributed by atoms with van der Waals surface area (Å²) < 4.78 is 0. The van der Waals surface area contributed by atoms with E-state index in [2.05, 4.69) is 43.3 Å². The number of rotatable bonds is 6. The topological polar surface area (TPSA) is 61.4 Å². The lowest BCUT2D eigenvalue weighted by atomic mass is 9.93. The van der Waals surface area contributed by atoms with Crippen molar-refractivity contribution < 1.29 is 4.79 Å². The van der Waals surface area contributed by atoms with Crippen LogP contribution >= 0.6 is 0 Å². The van der Waals surface area contributed by atoms with Gasteiger partial charge in [-0.25, -0.2) is 9.97 Å². The first-order valence-corrected chi connectivity index (χ1v) is 11.3. The predicted octanol–water partition coefficient (Wildman–Crippen LogP) is 2.82. The second-order valence-electron chi connectivity index (χ2n) is 8.60. The van der Waals surface area contributed by atoms with Gasteiger partial charge in [0, 0.05) is 44.0 Å². The minimum atomic E-state index is 0.122. The van der Waals surface area contributed by atoms with E-state index in [9.17, 15) is 4.79 Å². The molecule has 0 bridgehead atoms. The van der Waals surface area contributed by atoms with E-state index in [0.29, 0.717) is 6.04 Å². The molecular weight excluding hydrogens is 374 g/mol. The Morgan fingerprint density at radius 2 is 1.90 bits per heavy atom. The molecule has 3 heterocycles. The molecule has 6 heteroatoms. The van der Waals surface area contributed by atoms with Gasteiger partial charge in [0.2, 0.25) is 5.91 Å². The number of nitrogens with one attached hydrogen (secondary N) is 1. The number of anilines is 1. The summed E-state index contributed by atoms with van der Waals surface area (Å²) >= 11 is 0. The highest BCUT2D eigenvalue weighted by Crippen LogP contribution is 2.26. The van der Waals surface area contributed by atoms with Crippen molar-refractivity contribution in [3.05, 3.63) is 54.0 Å². The normalized spacial score (nSPS) is 20.8. The van der Waals surface area contributed by atoms with Gasteiger partial charge in [-0.2, -0.15) is 0 Å². The summed E-state index contributed by atoms with van der Waals surface area (Å²) in [6.07, 6.45) is 6.93. The average Bonchev–Trinajstić information content (AvgIpc) is 2.80. The van der Waals surface area contributed by atoms with Gasteiger partial charge >= 0.3 is 0 Å². The minimum absolute atomic E-state index is 0.122. The highest BCUT2D eigenvalue weighted by atomic mass is 16.1. The molecule has 0 radical (unpaired) electrons. The van der Waals surface area contributed by atoms with Crippen LogP contribution in [0.5, 0.6) is 0 Å². The van der Waals surface area contributed by atoms with Crippen molar-refractivity contribution in [2.75, 3.05) is 37.6 Å². The zero-order valence-corrected chi connectivity index (χ0v) is 18.0. The lowest BCUT2D eigenvalue weighted by Crippen LogP contribution is -2.51. The van der Waals surface area contributed by atoms with E-state index in [-0.39, 0.29) is 11.8 Å². The lowest BCUT2D eigenvalue weighted by molar-refractivity contribution is -0.127. The van der Waals surface area contributed by atoms with E-state index in [1.165, 1.54) is 5.56 Å². The molecule has 30 heavy (non-hydrogen) atoms. The first-order valence-electron chi connectivity index (χ1n) is 11.3. The van der Waals surface area contributed by atoms with E-state index in [1.807, 2.05) is 25.1 Å². The third-order valence-electron chi connectivity index (χ3n) is 6.47. The van der Waals surface area contributed by atoms with E-state index in [1.54, 1.807) is 6.33 Å². The van der Waals surface area contributed by atoms with Crippen LogP contribution < -0.4 is 10.2 Å². The van der Waals surface area contributed by atoms with E-state index >= 15 is 0 Å². The minimum Gasteiger partial charge on any atom is -0.356 e. The fourth-order valence-electron chi connectivity index (χ4n) is 4.74. The number of piperidine rings is 2. The quantitative estimate of drug-likeness (QED) is 0.798. The highest BCUT2D eigenvalue weighted by molar-refractivity contribution is 5.79. The Bertz CT molecular complexity index is 819. The third-order valence-corrected chi connectivity index (χ3v) is 6.47. The Labute approximate surface area is 179 Å². The zero-order valence-electron chi connectivity index (χ0n) is 18.0. The fraction of sp³-hybridized carbons (Fsp3) is 0.542. The Kier molecular flexibility index (Phi) is 6.95. The summed E-state index contributed by atoms with van der Waals surface area (Å²) in [4.78, 5) is 26.3. The molecule has 0 aliphatic carbocycles. The molecule has 2 aliphatic heterocycles. The Balaban J connectivity index is 1.23. The molecule has 2 aromatic rings. The van der Waals surface area contributed by atoms with Crippen LogP contribution in [0.4, 0.5) is 5.82 Å². The molecule has 0 saturated carbocycles. The molecular formula is C24H33N5O. The molecule has 6 nitrogen and oxygen atoms in total. The molecule has 1 N–H and O–H groups in total. The van der Waals surface area contributed by atoms with Gasteiger partial charge in [-0.1, -0.05) is 30.3 Å². The second kappa shape index (κ2) is 10.0. The molecule has 0 spiro atoms. The molecule has 2 fully saturated rings.